The standard InChI is InChI=1S/C13H6F2IN3O3/c14-7-3-5(16)1-2-9(7)17-10-6(13(20)21)4-8(15)11-12(10)19-22-18-11/h1-4,17H,(H,20,21). The number of hydrogen-bond donors (Lipinski definition) is 2. The van der Waals surface area contributed by atoms with Crippen molar-refractivity contribution in [3.05, 3.63) is 45.0 Å². The van der Waals surface area contributed by atoms with E-state index in [1.165, 1.54) is 12.1 Å². The molecule has 0 aliphatic heterocycles. The van der Waals surface area contributed by atoms with Gasteiger partial charge in [-0.25, -0.2) is 18.2 Å². The number of carboxylic acids is 1. The summed E-state index contributed by atoms with van der Waals surface area (Å²) >= 11 is 1.94. The largest absolute Gasteiger partial charge is 0.478 e. The Bertz CT molecular complexity index is 898. The average Bonchev–Trinajstić information content (AvgIpc) is 2.94. The van der Waals surface area contributed by atoms with E-state index in [0.29, 0.717) is 3.57 Å². The molecule has 112 valence electrons. The van der Waals surface area contributed by atoms with Crippen molar-refractivity contribution >= 4 is 51.0 Å². The van der Waals surface area contributed by atoms with E-state index >= 15 is 0 Å². The third kappa shape index (κ3) is 2.47. The molecule has 1 heterocycles. The van der Waals surface area contributed by atoms with Crippen molar-refractivity contribution in [1.29, 1.82) is 0 Å². The first-order valence-electron chi connectivity index (χ1n) is 5.87. The van der Waals surface area contributed by atoms with Crippen LogP contribution in [-0.4, -0.2) is 21.4 Å². The molecule has 2 aromatic carbocycles. The van der Waals surface area contributed by atoms with Gasteiger partial charge in [-0.2, -0.15) is 0 Å². The minimum atomic E-state index is -1.39. The molecule has 0 saturated carbocycles. The first-order chi connectivity index (χ1) is 10.5. The molecule has 0 aliphatic carbocycles. The molecule has 22 heavy (non-hydrogen) atoms. The second kappa shape index (κ2) is 5.48. The molecule has 0 unspecified atom stereocenters. The molecular weight excluding hydrogens is 411 g/mol. The van der Waals surface area contributed by atoms with Gasteiger partial charge in [0.25, 0.3) is 0 Å². The van der Waals surface area contributed by atoms with Crippen molar-refractivity contribution in [1.82, 2.24) is 10.3 Å². The zero-order chi connectivity index (χ0) is 15.9. The highest BCUT2D eigenvalue weighted by Gasteiger charge is 2.22. The van der Waals surface area contributed by atoms with Crippen molar-refractivity contribution in [2.75, 3.05) is 5.32 Å². The van der Waals surface area contributed by atoms with Crippen molar-refractivity contribution in [2.24, 2.45) is 0 Å². The van der Waals surface area contributed by atoms with Gasteiger partial charge in [-0.05, 0) is 57.2 Å². The van der Waals surface area contributed by atoms with Gasteiger partial charge in [0.1, 0.15) is 5.82 Å². The summed E-state index contributed by atoms with van der Waals surface area (Å²) in [6.45, 7) is 0. The van der Waals surface area contributed by atoms with Gasteiger partial charge < -0.3 is 10.4 Å². The van der Waals surface area contributed by atoms with Crippen LogP contribution in [-0.2, 0) is 0 Å². The Morgan fingerprint density at radius 2 is 1.91 bits per heavy atom. The van der Waals surface area contributed by atoms with Crippen LogP contribution in [0.5, 0.6) is 0 Å². The van der Waals surface area contributed by atoms with E-state index < -0.39 is 23.2 Å². The molecule has 3 rings (SSSR count). The minimum Gasteiger partial charge on any atom is -0.478 e. The summed E-state index contributed by atoms with van der Waals surface area (Å²) in [6, 6.07) is 5.12. The quantitative estimate of drug-likeness (QED) is 0.634. The molecule has 2 N–H and O–H groups in total. The number of fused-ring (bicyclic) bond motifs is 1. The zero-order valence-corrected chi connectivity index (χ0v) is 12.8. The molecule has 9 heteroatoms. The fourth-order valence-electron chi connectivity index (χ4n) is 1.92. The Kier molecular flexibility index (Phi) is 3.64. The van der Waals surface area contributed by atoms with Gasteiger partial charge in [0.05, 0.1) is 16.9 Å². The van der Waals surface area contributed by atoms with Crippen LogP contribution in [0, 0.1) is 15.2 Å². The van der Waals surface area contributed by atoms with Crippen molar-refractivity contribution < 1.29 is 23.3 Å². The monoisotopic (exact) mass is 417 g/mol. The number of nitrogens with zero attached hydrogens (tertiary/aromatic N) is 2. The van der Waals surface area contributed by atoms with Crippen LogP contribution in [0.15, 0.2) is 28.9 Å². The number of hydrogen-bond acceptors (Lipinski definition) is 5. The van der Waals surface area contributed by atoms with Crippen molar-refractivity contribution in [2.45, 2.75) is 0 Å². The fraction of sp³-hybridized carbons (Fsp3) is 0. The molecule has 0 radical (unpaired) electrons. The number of rotatable bonds is 3. The highest BCUT2D eigenvalue weighted by atomic mass is 127. The number of halogens is 3. The fourth-order valence-corrected chi connectivity index (χ4v) is 2.38. The third-order valence-corrected chi connectivity index (χ3v) is 3.58. The second-order valence-corrected chi connectivity index (χ2v) is 5.54. The smallest absolute Gasteiger partial charge is 0.338 e. The molecule has 1 aromatic heterocycles. The van der Waals surface area contributed by atoms with Gasteiger partial charge in [-0.15, -0.1) is 0 Å². The Morgan fingerprint density at radius 1 is 1.18 bits per heavy atom. The maximum atomic E-state index is 13.9. The molecule has 0 amide bonds. The molecule has 0 saturated heterocycles. The van der Waals surface area contributed by atoms with E-state index in [4.69, 9.17) is 0 Å². The summed E-state index contributed by atoms with van der Waals surface area (Å²) in [5.41, 5.74) is -0.837. The summed E-state index contributed by atoms with van der Waals surface area (Å²) in [5, 5.41) is 18.7. The average molecular weight is 417 g/mol. The van der Waals surface area contributed by atoms with Crippen LogP contribution in [0.25, 0.3) is 11.0 Å². The number of carboxylic acid groups (broad SMARTS) is 1. The second-order valence-electron chi connectivity index (χ2n) is 4.30. The lowest BCUT2D eigenvalue weighted by molar-refractivity contribution is 0.0697. The van der Waals surface area contributed by atoms with Crippen LogP contribution < -0.4 is 5.32 Å². The van der Waals surface area contributed by atoms with E-state index in [2.05, 4.69) is 20.3 Å². The highest BCUT2D eigenvalue weighted by molar-refractivity contribution is 14.1. The van der Waals surface area contributed by atoms with Gasteiger partial charge in [-0.3, -0.25) is 0 Å². The normalized spacial score (nSPS) is 10.9. The van der Waals surface area contributed by atoms with E-state index in [1.54, 1.807) is 6.07 Å². The molecule has 0 fully saturated rings. The van der Waals surface area contributed by atoms with E-state index in [9.17, 15) is 18.7 Å². The molecule has 6 nitrogen and oxygen atoms in total. The van der Waals surface area contributed by atoms with Crippen LogP contribution >= 0.6 is 22.6 Å². The molecular formula is C13H6F2IN3O3. The van der Waals surface area contributed by atoms with E-state index in [1.807, 2.05) is 22.6 Å². The Labute approximate surface area is 135 Å². The maximum absolute atomic E-state index is 13.9. The summed E-state index contributed by atoms with van der Waals surface area (Å²) < 4.78 is 32.8. The Balaban J connectivity index is 2.20. The van der Waals surface area contributed by atoms with E-state index in [-0.39, 0.29) is 22.4 Å². The number of anilines is 2. The van der Waals surface area contributed by atoms with Gasteiger partial charge >= 0.3 is 5.97 Å². The molecule has 0 bridgehead atoms. The zero-order valence-electron chi connectivity index (χ0n) is 10.6. The predicted octanol–water partition coefficient (Wildman–Crippen LogP) is 3.55. The number of benzene rings is 2. The van der Waals surface area contributed by atoms with Crippen LogP contribution in [0.4, 0.5) is 20.2 Å². The maximum Gasteiger partial charge on any atom is 0.338 e. The molecule has 0 spiro atoms. The third-order valence-electron chi connectivity index (χ3n) is 2.91. The van der Waals surface area contributed by atoms with Gasteiger partial charge in [-0.1, -0.05) is 0 Å². The SMILES string of the molecule is O=C(O)c1cc(F)c2nonc2c1Nc1ccc(I)cc1F. The first-order valence-corrected chi connectivity index (χ1v) is 6.95. The Morgan fingerprint density at radius 3 is 2.59 bits per heavy atom. The number of aromatic carboxylic acids is 1. The number of nitrogens with one attached hydrogen (secondary N) is 1. The van der Waals surface area contributed by atoms with Gasteiger partial charge in [0.2, 0.25) is 0 Å². The van der Waals surface area contributed by atoms with Crippen LogP contribution in [0.1, 0.15) is 10.4 Å². The first kappa shape index (κ1) is 14.6. The summed E-state index contributed by atoms with van der Waals surface area (Å²) in [7, 11) is 0. The Hall–Kier alpha value is -2.30. The summed E-state index contributed by atoms with van der Waals surface area (Å²) in [5.74, 6) is -2.86. The predicted molar refractivity (Wildman–Crippen MR) is 81.1 cm³/mol. The topological polar surface area (TPSA) is 88.2 Å². The van der Waals surface area contributed by atoms with Crippen molar-refractivity contribution in [3.63, 3.8) is 0 Å². The minimum absolute atomic E-state index is 0.0267. The molecule has 3 aromatic rings. The summed E-state index contributed by atoms with van der Waals surface area (Å²) in [4.78, 5) is 11.3. The van der Waals surface area contributed by atoms with E-state index in [0.717, 1.165) is 6.07 Å². The number of aromatic nitrogens is 2. The molecule has 0 aliphatic rings. The summed E-state index contributed by atoms with van der Waals surface area (Å²) in [6.07, 6.45) is 0. The van der Waals surface area contributed by atoms with Crippen LogP contribution in [0.2, 0.25) is 0 Å². The van der Waals surface area contributed by atoms with Crippen LogP contribution in [0.3, 0.4) is 0 Å². The van der Waals surface area contributed by atoms with Gasteiger partial charge in [0.15, 0.2) is 16.9 Å². The highest BCUT2D eigenvalue weighted by Crippen LogP contribution is 2.31. The lowest BCUT2D eigenvalue weighted by Crippen LogP contribution is -2.06. The molecule has 0 atom stereocenters. The lowest BCUT2D eigenvalue weighted by atomic mass is 10.1. The lowest BCUT2D eigenvalue weighted by Gasteiger charge is -2.11. The number of carbonyl (C=O) groups is 1. The van der Waals surface area contributed by atoms with Crippen molar-refractivity contribution in [3.8, 4) is 0 Å². The van der Waals surface area contributed by atoms with Gasteiger partial charge in [0, 0.05) is 3.57 Å².